The number of aromatic nitrogens is 1. The first-order valence-electron chi connectivity index (χ1n) is 5.35. The summed E-state index contributed by atoms with van der Waals surface area (Å²) >= 11 is 0. The van der Waals surface area contributed by atoms with E-state index in [0.717, 1.165) is 17.6 Å². The molecule has 2 rings (SSSR count). The van der Waals surface area contributed by atoms with E-state index in [1.165, 1.54) is 18.8 Å². The number of rotatable bonds is 1. The summed E-state index contributed by atoms with van der Waals surface area (Å²) in [6, 6.07) is 3.91. The first-order chi connectivity index (χ1) is 7.07. The third kappa shape index (κ3) is 2.39. The summed E-state index contributed by atoms with van der Waals surface area (Å²) in [6.45, 7) is 4.56. The second-order valence-electron chi connectivity index (χ2n) is 4.81. The van der Waals surface area contributed by atoms with Crippen molar-refractivity contribution >= 4 is 11.5 Å². The minimum atomic E-state index is 0.590. The van der Waals surface area contributed by atoms with Crippen LogP contribution < -0.4 is 10.6 Å². The lowest BCUT2D eigenvalue weighted by Gasteiger charge is -2.39. The molecular weight excluding hydrogens is 188 g/mol. The topological polar surface area (TPSA) is 42.1 Å². The second kappa shape index (κ2) is 3.70. The molecule has 0 saturated carbocycles. The fraction of sp³-hybridized carbons (Fsp3) is 0.545. The Labute approximate surface area is 90.9 Å². The number of pyridine rings is 1. The molecule has 15 heavy (non-hydrogen) atoms. The first kappa shape index (κ1) is 10.2. The number of quaternary nitrogens is 1. The van der Waals surface area contributed by atoms with Crippen molar-refractivity contribution in [1.82, 2.24) is 4.98 Å². The van der Waals surface area contributed by atoms with Gasteiger partial charge in [0, 0.05) is 0 Å². The van der Waals surface area contributed by atoms with E-state index < -0.39 is 0 Å². The lowest BCUT2D eigenvalue weighted by molar-refractivity contribution is -0.890. The molecule has 0 spiro atoms. The Bertz CT molecular complexity index is 321. The van der Waals surface area contributed by atoms with Gasteiger partial charge in [-0.2, -0.15) is 0 Å². The first-order valence-corrected chi connectivity index (χ1v) is 5.35. The smallest absolute Gasteiger partial charge is 0.123 e. The number of hydrogen-bond donors (Lipinski definition) is 1. The Morgan fingerprint density at radius 3 is 2.47 bits per heavy atom. The highest BCUT2D eigenvalue weighted by atomic mass is 15.4. The molecule has 0 unspecified atom stereocenters. The van der Waals surface area contributed by atoms with Crippen molar-refractivity contribution in [3.63, 3.8) is 0 Å². The molecule has 1 aliphatic rings. The Morgan fingerprint density at radius 2 is 1.93 bits per heavy atom. The molecule has 2 heterocycles. The minimum Gasteiger partial charge on any atom is -0.384 e. The zero-order valence-corrected chi connectivity index (χ0v) is 9.48. The van der Waals surface area contributed by atoms with Gasteiger partial charge in [-0.25, -0.2) is 4.98 Å². The lowest BCUT2D eigenvalue weighted by atomic mass is 10.2. The van der Waals surface area contributed by atoms with Gasteiger partial charge in [0.05, 0.1) is 52.2 Å². The van der Waals surface area contributed by atoms with Crippen molar-refractivity contribution in [3.8, 4) is 0 Å². The van der Waals surface area contributed by atoms with Gasteiger partial charge in [-0.3, -0.25) is 0 Å². The summed E-state index contributed by atoms with van der Waals surface area (Å²) in [4.78, 5) is 6.49. The molecule has 1 aromatic heterocycles. The molecule has 82 valence electrons. The van der Waals surface area contributed by atoms with E-state index in [1.54, 1.807) is 0 Å². The van der Waals surface area contributed by atoms with E-state index in [9.17, 15) is 0 Å². The SMILES string of the molecule is C[N+]1(C)CCN(c2ccc(N)nc2)CC1. The number of nitrogens with two attached hydrogens (primary N) is 1. The van der Waals surface area contributed by atoms with Crippen LogP contribution in [0.15, 0.2) is 18.3 Å². The van der Waals surface area contributed by atoms with Crippen LogP contribution in [-0.4, -0.2) is 49.7 Å². The fourth-order valence-electron chi connectivity index (χ4n) is 1.85. The lowest BCUT2D eigenvalue weighted by Crippen LogP contribution is -2.54. The van der Waals surface area contributed by atoms with Gasteiger partial charge < -0.3 is 15.1 Å². The van der Waals surface area contributed by atoms with Crippen LogP contribution in [0.1, 0.15) is 0 Å². The highest BCUT2D eigenvalue weighted by Crippen LogP contribution is 2.17. The van der Waals surface area contributed by atoms with Crippen molar-refractivity contribution < 1.29 is 4.48 Å². The summed E-state index contributed by atoms with van der Waals surface area (Å²) in [5.74, 6) is 0.590. The fourth-order valence-corrected chi connectivity index (χ4v) is 1.85. The average molecular weight is 207 g/mol. The number of hydrogen-bond acceptors (Lipinski definition) is 3. The molecule has 2 N–H and O–H groups in total. The zero-order valence-electron chi connectivity index (χ0n) is 9.48. The maximum absolute atomic E-state index is 5.57. The molecule has 0 bridgehead atoms. The molecule has 0 amide bonds. The molecule has 0 radical (unpaired) electrons. The van der Waals surface area contributed by atoms with E-state index in [0.29, 0.717) is 5.82 Å². The second-order valence-corrected chi connectivity index (χ2v) is 4.81. The van der Waals surface area contributed by atoms with Crippen LogP contribution in [0.3, 0.4) is 0 Å². The van der Waals surface area contributed by atoms with E-state index in [2.05, 4.69) is 24.0 Å². The van der Waals surface area contributed by atoms with Crippen molar-refractivity contribution in [2.45, 2.75) is 0 Å². The normalized spacial score (nSPS) is 20.3. The Morgan fingerprint density at radius 1 is 1.27 bits per heavy atom. The number of piperazine rings is 1. The quantitative estimate of drug-likeness (QED) is 0.684. The monoisotopic (exact) mass is 207 g/mol. The summed E-state index contributed by atoms with van der Waals surface area (Å²) in [6.07, 6.45) is 1.86. The number of likely N-dealkylation sites (N-methyl/N-ethyl adjacent to an activating group) is 1. The Hall–Kier alpha value is -1.29. The van der Waals surface area contributed by atoms with Crippen LogP contribution >= 0.6 is 0 Å². The Kier molecular flexibility index (Phi) is 2.52. The third-order valence-corrected chi connectivity index (χ3v) is 3.09. The predicted octanol–water partition coefficient (Wildman–Crippen LogP) is 0.560. The van der Waals surface area contributed by atoms with Crippen LogP contribution in [0.5, 0.6) is 0 Å². The molecule has 4 heteroatoms. The molecule has 0 aliphatic carbocycles. The van der Waals surface area contributed by atoms with Crippen LogP contribution in [-0.2, 0) is 0 Å². The number of nitrogens with zero attached hydrogens (tertiary/aromatic N) is 3. The van der Waals surface area contributed by atoms with E-state index in [1.807, 2.05) is 18.3 Å². The highest BCUT2D eigenvalue weighted by Gasteiger charge is 2.24. The maximum atomic E-state index is 5.57. The molecule has 0 atom stereocenters. The van der Waals surface area contributed by atoms with Gasteiger partial charge in [0.1, 0.15) is 5.82 Å². The largest absolute Gasteiger partial charge is 0.384 e. The molecule has 1 aliphatic heterocycles. The summed E-state index contributed by atoms with van der Waals surface area (Å²) < 4.78 is 1.11. The molecule has 0 aromatic carbocycles. The Balaban J connectivity index is 2.04. The van der Waals surface area contributed by atoms with Gasteiger partial charge in [-0.05, 0) is 12.1 Å². The van der Waals surface area contributed by atoms with Gasteiger partial charge in [-0.15, -0.1) is 0 Å². The van der Waals surface area contributed by atoms with Crippen LogP contribution in [0.25, 0.3) is 0 Å². The van der Waals surface area contributed by atoms with Crippen molar-refractivity contribution in [2.75, 3.05) is 50.9 Å². The number of nitrogen functional groups attached to an aromatic ring is 1. The molecule has 4 nitrogen and oxygen atoms in total. The van der Waals surface area contributed by atoms with Crippen molar-refractivity contribution in [1.29, 1.82) is 0 Å². The molecule has 1 fully saturated rings. The highest BCUT2D eigenvalue weighted by molar-refractivity contribution is 5.48. The minimum absolute atomic E-state index is 0.590. The standard InChI is InChI=1S/C11H19N4/c1-15(2)7-5-14(6-8-15)10-3-4-11(12)13-9-10/h3-4,9H,5-8H2,1-2H3,(H2,12,13)/q+1. The third-order valence-electron chi connectivity index (χ3n) is 3.09. The average Bonchev–Trinajstić information content (AvgIpc) is 2.20. The molecule has 1 saturated heterocycles. The summed E-state index contributed by atoms with van der Waals surface area (Å²) in [5.41, 5.74) is 6.75. The van der Waals surface area contributed by atoms with Crippen LogP contribution in [0, 0.1) is 0 Å². The van der Waals surface area contributed by atoms with Crippen molar-refractivity contribution in [2.24, 2.45) is 0 Å². The van der Waals surface area contributed by atoms with E-state index in [4.69, 9.17) is 5.73 Å². The van der Waals surface area contributed by atoms with Gasteiger partial charge >= 0.3 is 0 Å². The number of anilines is 2. The van der Waals surface area contributed by atoms with Gasteiger partial charge in [0.2, 0.25) is 0 Å². The van der Waals surface area contributed by atoms with E-state index in [-0.39, 0.29) is 0 Å². The predicted molar refractivity (Wildman–Crippen MR) is 62.7 cm³/mol. The molecular formula is C11H19N4+. The van der Waals surface area contributed by atoms with Gasteiger partial charge in [-0.1, -0.05) is 0 Å². The van der Waals surface area contributed by atoms with Crippen LogP contribution in [0.2, 0.25) is 0 Å². The maximum Gasteiger partial charge on any atom is 0.123 e. The van der Waals surface area contributed by atoms with Crippen molar-refractivity contribution in [3.05, 3.63) is 18.3 Å². The molecule has 1 aromatic rings. The van der Waals surface area contributed by atoms with Crippen LogP contribution in [0.4, 0.5) is 11.5 Å². The zero-order chi connectivity index (χ0) is 10.9. The van der Waals surface area contributed by atoms with Gasteiger partial charge in [0.25, 0.3) is 0 Å². The van der Waals surface area contributed by atoms with Gasteiger partial charge in [0.15, 0.2) is 0 Å². The van der Waals surface area contributed by atoms with E-state index >= 15 is 0 Å². The summed E-state index contributed by atoms with van der Waals surface area (Å²) in [7, 11) is 4.55. The summed E-state index contributed by atoms with van der Waals surface area (Å²) in [5, 5.41) is 0.